The molecule has 3 heteroatoms. The Morgan fingerprint density at radius 1 is 1.29 bits per heavy atom. The zero-order valence-electron chi connectivity index (χ0n) is 11.0. The highest BCUT2D eigenvalue weighted by molar-refractivity contribution is 6.95. The summed E-state index contributed by atoms with van der Waals surface area (Å²) in [7, 11) is -0.308. The summed E-state index contributed by atoms with van der Waals surface area (Å²) < 4.78 is 4.72. The summed E-state index contributed by atoms with van der Waals surface area (Å²) in [4.78, 5) is 11.4. The van der Waals surface area contributed by atoms with Crippen molar-refractivity contribution >= 4 is 19.2 Å². The van der Waals surface area contributed by atoms with Crippen LogP contribution in [0.5, 0.6) is 0 Å². The van der Waals surface area contributed by atoms with E-state index in [-0.39, 0.29) is 5.97 Å². The number of hydrogen-bond donors (Lipinski definition) is 0. The van der Waals surface area contributed by atoms with Gasteiger partial charge in [-0.3, -0.25) is 0 Å². The molecule has 2 nitrogen and oxygen atoms in total. The van der Waals surface area contributed by atoms with Crippen molar-refractivity contribution < 1.29 is 9.53 Å². The van der Waals surface area contributed by atoms with Gasteiger partial charge in [0.05, 0.1) is 7.11 Å². The molecule has 0 spiro atoms. The molecule has 0 heterocycles. The lowest BCUT2D eigenvalue weighted by Crippen LogP contribution is -2.43. The summed E-state index contributed by atoms with van der Waals surface area (Å²) in [6, 6.07) is 10.4. The van der Waals surface area contributed by atoms with Gasteiger partial charge < -0.3 is 4.74 Å². The van der Waals surface area contributed by atoms with Gasteiger partial charge in [0, 0.05) is 6.08 Å². The molecule has 0 fully saturated rings. The van der Waals surface area contributed by atoms with Gasteiger partial charge in [0.1, 0.15) is 8.07 Å². The second-order valence-electron chi connectivity index (χ2n) is 4.54. The molecule has 17 heavy (non-hydrogen) atoms. The molecular weight excluding hydrogens is 228 g/mol. The van der Waals surface area contributed by atoms with E-state index in [4.69, 9.17) is 4.74 Å². The Hall–Kier alpha value is -1.35. The van der Waals surface area contributed by atoms with Crippen LogP contribution in [0.25, 0.3) is 0 Å². The van der Waals surface area contributed by atoms with Crippen molar-refractivity contribution in [2.75, 3.05) is 7.11 Å². The van der Waals surface area contributed by atoms with Gasteiger partial charge in [0.2, 0.25) is 0 Å². The first-order chi connectivity index (χ1) is 8.02. The summed E-state index contributed by atoms with van der Waals surface area (Å²) in [5.41, 5.74) is 0. The number of carbonyl (C=O) groups is 1. The SMILES string of the molecule is CC/C(=C\C(=O)OC)[Si](C)(C)c1ccccc1. The van der Waals surface area contributed by atoms with Crippen molar-refractivity contribution in [1.29, 1.82) is 0 Å². The van der Waals surface area contributed by atoms with Crippen LogP contribution in [0.15, 0.2) is 41.6 Å². The number of benzene rings is 1. The largest absolute Gasteiger partial charge is 0.466 e. The van der Waals surface area contributed by atoms with Crippen molar-refractivity contribution in [2.45, 2.75) is 26.4 Å². The average molecular weight is 248 g/mol. The molecule has 1 rings (SSSR count). The lowest BCUT2D eigenvalue weighted by Gasteiger charge is -2.25. The third-order valence-corrected chi connectivity index (χ3v) is 7.05. The maximum absolute atomic E-state index is 11.4. The van der Waals surface area contributed by atoms with Crippen LogP contribution in [-0.4, -0.2) is 21.2 Å². The number of methoxy groups -OCH3 is 1. The van der Waals surface area contributed by atoms with E-state index < -0.39 is 8.07 Å². The first-order valence-electron chi connectivity index (χ1n) is 5.87. The van der Waals surface area contributed by atoms with Gasteiger partial charge in [0.25, 0.3) is 0 Å². The Kier molecular flexibility index (Phi) is 4.69. The van der Waals surface area contributed by atoms with E-state index in [9.17, 15) is 4.79 Å². The molecular formula is C14H20O2Si. The molecule has 0 bridgehead atoms. The molecule has 0 aliphatic heterocycles. The maximum atomic E-state index is 11.4. The van der Waals surface area contributed by atoms with E-state index >= 15 is 0 Å². The Labute approximate surface area is 104 Å². The number of hydrogen-bond acceptors (Lipinski definition) is 2. The minimum absolute atomic E-state index is 0.252. The first kappa shape index (κ1) is 13.7. The highest BCUT2D eigenvalue weighted by Crippen LogP contribution is 2.18. The van der Waals surface area contributed by atoms with E-state index in [2.05, 4.69) is 44.3 Å². The van der Waals surface area contributed by atoms with Gasteiger partial charge in [0.15, 0.2) is 0 Å². The lowest BCUT2D eigenvalue weighted by molar-refractivity contribution is -0.134. The Balaban J connectivity index is 3.11. The van der Waals surface area contributed by atoms with E-state index in [1.807, 2.05) is 6.07 Å². The highest BCUT2D eigenvalue weighted by atomic mass is 28.3. The third kappa shape index (κ3) is 3.30. The molecule has 0 atom stereocenters. The number of ether oxygens (including phenoxy) is 1. The van der Waals surface area contributed by atoms with E-state index in [1.54, 1.807) is 6.08 Å². The van der Waals surface area contributed by atoms with E-state index in [1.165, 1.54) is 17.5 Å². The summed E-state index contributed by atoms with van der Waals surface area (Å²) >= 11 is 0. The van der Waals surface area contributed by atoms with Gasteiger partial charge in [-0.1, -0.05) is 60.7 Å². The Bertz CT molecular complexity index is 407. The standard InChI is InChI=1S/C14H20O2Si/c1-5-12(11-14(15)16-2)17(3,4)13-9-7-6-8-10-13/h6-11H,5H2,1-4H3/b12-11+. The number of carbonyl (C=O) groups excluding carboxylic acids is 1. The molecule has 0 radical (unpaired) electrons. The molecule has 0 amide bonds. The summed E-state index contributed by atoms with van der Waals surface area (Å²) in [6.07, 6.45) is 2.56. The van der Waals surface area contributed by atoms with Gasteiger partial charge in [-0.05, 0) is 6.42 Å². The molecule has 0 aliphatic rings. The van der Waals surface area contributed by atoms with Crippen LogP contribution in [0, 0.1) is 0 Å². The smallest absolute Gasteiger partial charge is 0.330 e. The van der Waals surface area contributed by atoms with E-state index in [0.717, 1.165) is 6.42 Å². The van der Waals surface area contributed by atoms with Crippen molar-refractivity contribution in [1.82, 2.24) is 0 Å². The van der Waals surface area contributed by atoms with Gasteiger partial charge >= 0.3 is 5.97 Å². The molecule has 0 saturated heterocycles. The van der Waals surface area contributed by atoms with Gasteiger partial charge in [-0.25, -0.2) is 4.79 Å². The number of allylic oxidation sites excluding steroid dienone is 1. The normalized spacial score (nSPS) is 12.4. The molecule has 92 valence electrons. The van der Waals surface area contributed by atoms with Crippen LogP contribution < -0.4 is 5.19 Å². The molecule has 1 aromatic rings. The van der Waals surface area contributed by atoms with Gasteiger partial charge in [-0.15, -0.1) is 0 Å². The highest BCUT2D eigenvalue weighted by Gasteiger charge is 2.27. The van der Waals surface area contributed by atoms with Crippen molar-refractivity contribution in [3.63, 3.8) is 0 Å². The van der Waals surface area contributed by atoms with Crippen molar-refractivity contribution in [3.05, 3.63) is 41.6 Å². The lowest BCUT2D eigenvalue weighted by atomic mass is 10.4. The number of esters is 1. The fourth-order valence-electron chi connectivity index (χ4n) is 1.97. The molecule has 0 aliphatic carbocycles. The van der Waals surface area contributed by atoms with Crippen LogP contribution >= 0.6 is 0 Å². The predicted molar refractivity (Wildman–Crippen MR) is 73.9 cm³/mol. The maximum Gasteiger partial charge on any atom is 0.330 e. The average Bonchev–Trinajstić information content (AvgIpc) is 2.36. The zero-order valence-corrected chi connectivity index (χ0v) is 12.0. The van der Waals surface area contributed by atoms with E-state index in [0.29, 0.717) is 0 Å². The topological polar surface area (TPSA) is 26.3 Å². The van der Waals surface area contributed by atoms with Crippen molar-refractivity contribution in [3.8, 4) is 0 Å². The fraction of sp³-hybridized carbons (Fsp3) is 0.357. The molecule has 0 unspecified atom stereocenters. The molecule has 0 saturated carbocycles. The molecule has 0 N–H and O–H groups in total. The van der Waals surface area contributed by atoms with Crippen LogP contribution in [0.2, 0.25) is 13.1 Å². The van der Waals surface area contributed by atoms with Crippen molar-refractivity contribution in [2.24, 2.45) is 0 Å². The minimum Gasteiger partial charge on any atom is -0.466 e. The second-order valence-corrected chi connectivity index (χ2v) is 9.01. The quantitative estimate of drug-likeness (QED) is 0.465. The third-order valence-electron chi connectivity index (χ3n) is 3.17. The molecule has 1 aromatic carbocycles. The Morgan fingerprint density at radius 3 is 2.35 bits per heavy atom. The molecule has 0 aromatic heterocycles. The van der Waals surface area contributed by atoms with Crippen LogP contribution in [0.1, 0.15) is 13.3 Å². The summed E-state index contributed by atoms with van der Waals surface area (Å²) in [5.74, 6) is -0.252. The van der Waals surface area contributed by atoms with Crippen LogP contribution in [-0.2, 0) is 9.53 Å². The van der Waals surface area contributed by atoms with Crippen LogP contribution in [0.4, 0.5) is 0 Å². The summed E-state index contributed by atoms with van der Waals surface area (Å²) in [5, 5.41) is 2.56. The number of rotatable bonds is 4. The monoisotopic (exact) mass is 248 g/mol. The first-order valence-corrected chi connectivity index (χ1v) is 8.87. The zero-order chi connectivity index (χ0) is 12.9. The Morgan fingerprint density at radius 2 is 1.88 bits per heavy atom. The fourth-order valence-corrected chi connectivity index (χ4v) is 4.72. The minimum atomic E-state index is -1.73. The second kappa shape index (κ2) is 5.82. The van der Waals surface area contributed by atoms with Crippen LogP contribution in [0.3, 0.4) is 0 Å². The van der Waals surface area contributed by atoms with Gasteiger partial charge in [-0.2, -0.15) is 0 Å². The predicted octanol–water partition coefficient (Wildman–Crippen LogP) is 2.65. The summed E-state index contributed by atoms with van der Waals surface area (Å²) in [6.45, 7) is 6.62.